The molecule has 76 valence electrons. The van der Waals surface area contributed by atoms with Crippen molar-refractivity contribution in [3.05, 3.63) is 60.0 Å². The summed E-state index contributed by atoms with van der Waals surface area (Å²) in [5.41, 5.74) is 5.95. The number of nitrogens with one attached hydrogen (secondary N) is 1. The fourth-order valence-corrected chi connectivity index (χ4v) is 1.25. The smallest absolute Gasteiger partial charge is 0.179 e. The molecule has 0 fully saturated rings. The van der Waals surface area contributed by atoms with Gasteiger partial charge in [-0.3, -0.25) is 5.41 Å². The summed E-state index contributed by atoms with van der Waals surface area (Å²) in [4.78, 5) is 0. The minimum Gasteiger partial charge on any atom is -0.461 e. The number of hydrogen-bond acceptors (Lipinski definition) is 3. The molecule has 0 aromatic carbocycles. The van der Waals surface area contributed by atoms with Crippen LogP contribution in [-0.4, -0.2) is 5.84 Å². The second kappa shape index (κ2) is 3.88. The molecule has 3 N–H and O–H groups in total. The third-order valence-electron chi connectivity index (χ3n) is 1.92. The first-order valence-electron chi connectivity index (χ1n) is 4.41. The van der Waals surface area contributed by atoms with Crippen LogP contribution in [0.25, 0.3) is 0 Å². The fourth-order valence-electron chi connectivity index (χ4n) is 1.25. The Morgan fingerprint density at radius 1 is 1.13 bits per heavy atom. The average molecular weight is 202 g/mol. The zero-order valence-corrected chi connectivity index (χ0v) is 7.94. The average Bonchev–Trinajstić information content (AvgIpc) is 2.30. The molecule has 0 saturated heterocycles. The van der Waals surface area contributed by atoms with Crippen LogP contribution in [0.2, 0.25) is 0 Å². The predicted octanol–water partition coefficient (Wildman–Crippen LogP) is 1.70. The Balaban J connectivity index is 2.40. The lowest BCUT2D eigenvalue weighted by atomic mass is 10.1. The Bertz CT molecular complexity index is 440. The van der Waals surface area contributed by atoms with Crippen LogP contribution in [-0.2, 0) is 9.47 Å². The molecule has 4 heteroatoms. The van der Waals surface area contributed by atoms with Gasteiger partial charge in [-0.15, -0.1) is 0 Å². The van der Waals surface area contributed by atoms with Gasteiger partial charge in [0, 0.05) is 0 Å². The van der Waals surface area contributed by atoms with E-state index in [-0.39, 0.29) is 5.84 Å². The molecule has 0 aromatic heterocycles. The first-order chi connectivity index (χ1) is 7.29. The number of rotatable bonds is 1. The highest BCUT2D eigenvalue weighted by molar-refractivity contribution is 5.98. The molecule has 0 spiro atoms. The third kappa shape index (κ3) is 1.83. The van der Waals surface area contributed by atoms with Crippen LogP contribution >= 0.6 is 0 Å². The summed E-state index contributed by atoms with van der Waals surface area (Å²) in [7, 11) is 0. The largest absolute Gasteiger partial charge is 0.461 e. The fraction of sp³-hybridized carbons (Fsp3) is 0. The summed E-state index contributed by atoms with van der Waals surface area (Å²) in [5, 5.41) is 7.40. The summed E-state index contributed by atoms with van der Waals surface area (Å²) >= 11 is 0. The van der Waals surface area contributed by atoms with Crippen molar-refractivity contribution in [1.29, 1.82) is 5.41 Å². The van der Waals surface area contributed by atoms with Crippen molar-refractivity contribution in [2.24, 2.45) is 5.73 Å². The van der Waals surface area contributed by atoms with Gasteiger partial charge in [0.05, 0.1) is 18.1 Å². The first-order valence-corrected chi connectivity index (χ1v) is 4.41. The van der Waals surface area contributed by atoms with Gasteiger partial charge in [-0.25, -0.2) is 0 Å². The normalized spacial score (nSPS) is 23.1. The van der Waals surface area contributed by atoms with Crippen molar-refractivity contribution in [3.63, 3.8) is 0 Å². The van der Waals surface area contributed by atoms with Gasteiger partial charge in [0.1, 0.15) is 5.84 Å². The topological polar surface area (TPSA) is 68.3 Å². The van der Waals surface area contributed by atoms with Crippen molar-refractivity contribution in [1.82, 2.24) is 0 Å². The molecule has 2 rings (SSSR count). The molecule has 0 aromatic rings. The number of ether oxygens (including phenoxy) is 2. The van der Waals surface area contributed by atoms with E-state index in [1.165, 1.54) is 6.26 Å². The lowest BCUT2D eigenvalue weighted by Crippen LogP contribution is -2.17. The van der Waals surface area contributed by atoms with E-state index in [0.717, 1.165) is 0 Å². The standard InChI is InChI=1S/C11H10N2O2/c12-11(13)8-4-3-7-15-10(8)9-5-1-2-6-14-9/h1-7H,(H3,12,13). The lowest BCUT2D eigenvalue weighted by molar-refractivity contribution is 0.292. The van der Waals surface area contributed by atoms with Crippen LogP contribution in [0.3, 0.4) is 0 Å². The van der Waals surface area contributed by atoms with E-state index >= 15 is 0 Å². The monoisotopic (exact) mass is 202 g/mol. The van der Waals surface area contributed by atoms with Gasteiger partial charge in [-0.05, 0) is 24.3 Å². The highest BCUT2D eigenvalue weighted by Crippen LogP contribution is 2.23. The molecule has 4 nitrogen and oxygen atoms in total. The van der Waals surface area contributed by atoms with Crippen LogP contribution in [0.5, 0.6) is 0 Å². The van der Waals surface area contributed by atoms with Crippen LogP contribution < -0.4 is 5.73 Å². The second-order valence-electron chi connectivity index (χ2n) is 2.94. The maximum absolute atomic E-state index is 7.40. The van der Waals surface area contributed by atoms with E-state index in [9.17, 15) is 0 Å². The predicted molar refractivity (Wildman–Crippen MR) is 56.6 cm³/mol. The maximum Gasteiger partial charge on any atom is 0.179 e. The third-order valence-corrected chi connectivity index (χ3v) is 1.92. The molecule has 0 aliphatic carbocycles. The van der Waals surface area contributed by atoms with E-state index < -0.39 is 0 Å². The molecule has 2 aliphatic heterocycles. The van der Waals surface area contributed by atoms with Crippen LogP contribution in [0.4, 0.5) is 0 Å². The van der Waals surface area contributed by atoms with E-state index in [1.54, 1.807) is 30.6 Å². The maximum atomic E-state index is 7.40. The Morgan fingerprint density at radius 3 is 2.60 bits per heavy atom. The van der Waals surface area contributed by atoms with Gasteiger partial charge in [0.25, 0.3) is 0 Å². The molecule has 0 atom stereocenters. The molecule has 2 aliphatic rings. The second-order valence-corrected chi connectivity index (χ2v) is 2.94. The zero-order valence-electron chi connectivity index (χ0n) is 7.94. The summed E-state index contributed by atoms with van der Waals surface area (Å²) in [5.74, 6) is 0.960. The van der Waals surface area contributed by atoms with Crippen molar-refractivity contribution < 1.29 is 9.47 Å². The molecule has 2 heterocycles. The molecule has 0 amide bonds. The summed E-state index contributed by atoms with van der Waals surface area (Å²) in [6.07, 6.45) is 11.8. The molecule has 0 radical (unpaired) electrons. The zero-order chi connectivity index (χ0) is 10.7. The van der Waals surface area contributed by atoms with E-state index in [1.807, 2.05) is 6.08 Å². The Labute approximate surface area is 87.2 Å². The van der Waals surface area contributed by atoms with Gasteiger partial charge in [0.2, 0.25) is 0 Å². The van der Waals surface area contributed by atoms with Crippen molar-refractivity contribution in [2.75, 3.05) is 0 Å². The molecule has 0 unspecified atom stereocenters. The molecular weight excluding hydrogens is 192 g/mol. The lowest BCUT2D eigenvalue weighted by Gasteiger charge is -2.16. The minimum absolute atomic E-state index is 0.0478. The van der Waals surface area contributed by atoms with Crippen LogP contribution in [0.1, 0.15) is 0 Å². The van der Waals surface area contributed by atoms with E-state index in [2.05, 4.69) is 0 Å². The van der Waals surface area contributed by atoms with E-state index in [4.69, 9.17) is 20.6 Å². The molecular formula is C11H10N2O2. The van der Waals surface area contributed by atoms with Gasteiger partial charge >= 0.3 is 0 Å². The van der Waals surface area contributed by atoms with Crippen molar-refractivity contribution >= 4 is 5.84 Å². The molecule has 15 heavy (non-hydrogen) atoms. The molecule has 0 bridgehead atoms. The van der Waals surface area contributed by atoms with E-state index in [0.29, 0.717) is 17.1 Å². The Morgan fingerprint density at radius 2 is 1.93 bits per heavy atom. The summed E-state index contributed by atoms with van der Waals surface area (Å²) in [6.45, 7) is 0. The minimum atomic E-state index is -0.0478. The Hall–Kier alpha value is -2.23. The van der Waals surface area contributed by atoms with Crippen molar-refractivity contribution in [2.45, 2.75) is 0 Å². The highest BCUT2D eigenvalue weighted by atomic mass is 16.5. The first kappa shape index (κ1) is 9.33. The van der Waals surface area contributed by atoms with Crippen LogP contribution in [0.15, 0.2) is 60.0 Å². The highest BCUT2D eigenvalue weighted by Gasteiger charge is 2.17. The number of allylic oxidation sites excluding steroid dienone is 5. The van der Waals surface area contributed by atoms with Gasteiger partial charge in [-0.1, -0.05) is 6.08 Å². The van der Waals surface area contributed by atoms with Crippen LogP contribution in [0, 0.1) is 5.41 Å². The Kier molecular flexibility index (Phi) is 2.41. The van der Waals surface area contributed by atoms with Gasteiger partial charge in [0.15, 0.2) is 11.5 Å². The van der Waals surface area contributed by atoms with Gasteiger partial charge in [-0.2, -0.15) is 0 Å². The number of hydrogen-bond donors (Lipinski definition) is 2. The number of nitrogens with two attached hydrogens (primary N) is 1. The quantitative estimate of drug-likeness (QED) is 0.502. The molecule has 0 saturated carbocycles. The summed E-state index contributed by atoms with van der Waals surface area (Å²) < 4.78 is 10.5. The SMILES string of the molecule is N=C(N)C1=CC=COC1=C1C=CC=CO1. The van der Waals surface area contributed by atoms with Crippen molar-refractivity contribution in [3.8, 4) is 0 Å². The van der Waals surface area contributed by atoms with Gasteiger partial charge < -0.3 is 15.2 Å². The summed E-state index contributed by atoms with van der Waals surface area (Å²) in [6, 6.07) is 0. The number of amidine groups is 1.